The lowest BCUT2D eigenvalue weighted by Crippen LogP contribution is -2.17. The summed E-state index contributed by atoms with van der Waals surface area (Å²) < 4.78 is 10.4. The fourth-order valence-electron chi connectivity index (χ4n) is 2.53. The fourth-order valence-corrected chi connectivity index (χ4v) is 2.53. The first-order chi connectivity index (χ1) is 13.6. The molecule has 0 aliphatic carbocycles. The maximum absolute atomic E-state index is 12.5. The molecule has 1 aromatic heterocycles. The minimum atomic E-state index is -0.444. The summed E-state index contributed by atoms with van der Waals surface area (Å²) in [6.07, 6.45) is 1.41. The molecule has 2 amide bonds. The van der Waals surface area contributed by atoms with Crippen LogP contribution >= 0.6 is 0 Å². The Bertz CT molecular complexity index is 1000. The molecule has 0 aliphatic rings. The lowest BCUT2D eigenvalue weighted by molar-refractivity contribution is 0.102. The van der Waals surface area contributed by atoms with Crippen LogP contribution in [0, 0.1) is 0 Å². The van der Waals surface area contributed by atoms with Crippen LogP contribution in [-0.2, 0) is 0 Å². The summed E-state index contributed by atoms with van der Waals surface area (Å²) in [4.78, 5) is 29.1. The number of anilines is 2. The first-order valence-corrected chi connectivity index (χ1v) is 8.46. The van der Waals surface area contributed by atoms with Crippen molar-refractivity contribution in [2.45, 2.75) is 0 Å². The molecule has 0 fully saturated rings. The molecule has 3 rings (SSSR count). The number of aromatic nitrogens is 1. The number of rotatable bonds is 6. The number of amides is 2. The summed E-state index contributed by atoms with van der Waals surface area (Å²) in [7, 11) is 3.07. The van der Waals surface area contributed by atoms with Crippen molar-refractivity contribution in [2.75, 3.05) is 24.9 Å². The van der Waals surface area contributed by atoms with E-state index in [2.05, 4.69) is 15.6 Å². The van der Waals surface area contributed by atoms with Crippen LogP contribution in [0.2, 0.25) is 0 Å². The number of hydrogen-bond acceptors (Lipinski definition) is 5. The second-order valence-corrected chi connectivity index (χ2v) is 5.77. The summed E-state index contributed by atoms with van der Waals surface area (Å²) in [5.41, 5.74) is 1.52. The molecule has 2 N–H and O–H groups in total. The summed E-state index contributed by atoms with van der Waals surface area (Å²) >= 11 is 0. The molecule has 0 aliphatic heterocycles. The SMILES string of the molecule is COc1cccc(NC(=O)c2ccnc(C(=O)Nc3ccccc3OC)c2)c1. The molecule has 2 aromatic carbocycles. The lowest BCUT2D eigenvalue weighted by Gasteiger charge is -2.10. The van der Waals surface area contributed by atoms with Gasteiger partial charge in [-0.05, 0) is 36.4 Å². The topological polar surface area (TPSA) is 89.5 Å². The molecule has 142 valence electrons. The largest absolute Gasteiger partial charge is 0.497 e. The highest BCUT2D eigenvalue weighted by Crippen LogP contribution is 2.23. The zero-order chi connectivity index (χ0) is 19.9. The number of pyridine rings is 1. The molecule has 0 saturated heterocycles. The van der Waals surface area contributed by atoms with Crippen molar-refractivity contribution >= 4 is 23.2 Å². The van der Waals surface area contributed by atoms with Crippen LogP contribution in [0.5, 0.6) is 11.5 Å². The van der Waals surface area contributed by atoms with Gasteiger partial charge in [-0.15, -0.1) is 0 Å². The first kappa shape index (κ1) is 18.9. The summed E-state index contributed by atoms with van der Waals surface area (Å²) in [5, 5.41) is 5.50. The number of carbonyl (C=O) groups is 2. The number of benzene rings is 2. The molecule has 7 heteroatoms. The lowest BCUT2D eigenvalue weighted by atomic mass is 10.2. The van der Waals surface area contributed by atoms with E-state index in [0.29, 0.717) is 28.4 Å². The van der Waals surface area contributed by atoms with Gasteiger partial charge in [-0.25, -0.2) is 0 Å². The van der Waals surface area contributed by atoms with Crippen LogP contribution in [-0.4, -0.2) is 31.0 Å². The molecule has 0 unspecified atom stereocenters. The van der Waals surface area contributed by atoms with E-state index >= 15 is 0 Å². The second-order valence-electron chi connectivity index (χ2n) is 5.77. The Morgan fingerprint density at radius 3 is 2.46 bits per heavy atom. The van der Waals surface area contributed by atoms with E-state index in [-0.39, 0.29) is 11.6 Å². The van der Waals surface area contributed by atoms with E-state index in [1.54, 1.807) is 55.6 Å². The zero-order valence-corrected chi connectivity index (χ0v) is 15.4. The Labute approximate surface area is 162 Å². The molecule has 7 nitrogen and oxygen atoms in total. The molecule has 0 radical (unpaired) electrons. The van der Waals surface area contributed by atoms with Gasteiger partial charge in [0.2, 0.25) is 0 Å². The monoisotopic (exact) mass is 377 g/mol. The van der Waals surface area contributed by atoms with Crippen molar-refractivity contribution in [3.63, 3.8) is 0 Å². The summed E-state index contributed by atoms with van der Waals surface area (Å²) in [6.45, 7) is 0. The van der Waals surface area contributed by atoms with Gasteiger partial charge in [0.05, 0.1) is 19.9 Å². The van der Waals surface area contributed by atoms with Crippen molar-refractivity contribution in [3.05, 3.63) is 78.1 Å². The third kappa shape index (κ3) is 4.45. The highest BCUT2D eigenvalue weighted by molar-refractivity contribution is 6.08. The smallest absolute Gasteiger partial charge is 0.274 e. The molecule has 1 heterocycles. The van der Waals surface area contributed by atoms with E-state index in [9.17, 15) is 9.59 Å². The van der Waals surface area contributed by atoms with Gasteiger partial charge in [0, 0.05) is 23.5 Å². The quantitative estimate of drug-likeness (QED) is 0.685. The van der Waals surface area contributed by atoms with Gasteiger partial charge in [-0.3, -0.25) is 14.6 Å². The number of methoxy groups -OCH3 is 2. The van der Waals surface area contributed by atoms with Crippen molar-refractivity contribution in [2.24, 2.45) is 0 Å². The van der Waals surface area contributed by atoms with Crippen molar-refractivity contribution in [3.8, 4) is 11.5 Å². The minimum Gasteiger partial charge on any atom is -0.497 e. The van der Waals surface area contributed by atoms with E-state index < -0.39 is 5.91 Å². The molecule has 0 spiro atoms. The highest BCUT2D eigenvalue weighted by atomic mass is 16.5. The van der Waals surface area contributed by atoms with E-state index in [1.807, 2.05) is 0 Å². The van der Waals surface area contributed by atoms with Crippen molar-refractivity contribution < 1.29 is 19.1 Å². The number of carbonyl (C=O) groups excluding carboxylic acids is 2. The fraction of sp³-hybridized carbons (Fsp3) is 0.0952. The maximum atomic E-state index is 12.5. The van der Waals surface area contributed by atoms with Gasteiger partial charge in [-0.2, -0.15) is 0 Å². The third-order valence-electron chi connectivity index (χ3n) is 3.94. The number of nitrogens with zero attached hydrogens (tertiary/aromatic N) is 1. The van der Waals surface area contributed by atoms with E-state index in [1.165, 1.54) is 25.4 Å². The average molecular weight is 377 g/mol. The summed E-state index contributed by atoms with van der Waals surface area (Å²) in [6, 6.07) is 17.0. The Hall–Kier alpha value is -3.87. The maximum Gasteiger partial charge on any atom is 0.274 e. The molecule has 28 heavy (non-hydrogen) atoms. The van der Waals surface area contributed by atoms with Crippen LogP contribution in [0.25, 0.3) is 0 Å². The van der Waals surface area contributed by atoms with E-state index in [0.717, 1.165) is 0 Å². The predicted molar refractivity (Wildman–Crippen MR) is 106 cm³/mol. The number of hydrogen-bond donors (Lipinski definition) is 2. The molecule has 0 atom stereocenters. The first-order valence-electron chi connectivity index (χ1n) is 8.46. The molecule has 3 aromatic rings. The zero-order valence-electron chi connectivity index (χ0n) is 15.4. The molecular weight excluding hydrogens is 358 g/mol. The molecule has 0 bridgehead atoms. The normalized spacial score (nSPS) is 10.1. The van der Waals surface area contributed by atoms with Crippen LogP contribution in [0.4, 0.5) is 11.4 Å². The van der Waals surface area contributed by atoms with Crippen LogP contribution in [0.3, 0.4) is 0 Å². The standard InChI is InChI=1S/C21H19N3O4/c1-27-16-7-5-6-15(13-16)23-20(25)14-10-11-22-18(12-14)21(26)24-17-8-3-4-9-19(17)28-2/h3-13H,1-2H3,(H,23,25)(H,24,26). The number of ether oxygens (including phenoxy) is 2. The van der Waals surface area contributed by atoms with Crippen LogP contribution in [0.15, 0.2) is 66.9 Å². The predicted octanol–water partition coefficient (Wildman–Crippen LogP) is 3.60. The van der Waals surface area contributed by atoms with Crippen LogP contribution < -0.4 is 20.1 Å². The van der Waals surface area contributed by atoms with Gasteiger partial charge >= 0.3 is 0 Å². The summed E-state index contributed by atoms with van der Waals surface area (Å²) in [5.74, 6) is 0.356. The van der Waals surface area contributed by atoms with E-state index in [4.69, 9.17) is 9.47 Å². The second kappa shape index (κ2) is 8.68. The minimum absolute atomic E-state index is 0.115. The van der Waals surface area contributed by atoms with Gasteiger partial charge < -0.3 is 20.1 Å². The molecular formula is C21H19N3O4. The van der Waals surface area contributed by atoms with Gasteiger partial charge in [-0.1, -0.05) is 18.2 Å². The Morgan fingerprint density at radius 2 is 1.68 bits per heavy atom. The Balaban J connectivity index is 1.75. The highest BCUT2D eigenvalue weighted by Gasteiger charge is 2.14. The van der Waals surface area contributed by atoms with Crippen molar-refractivity contribution in [1.82, 2.24) is 4.98 Å². The molecule has 0 saturated carbocycles. The van der Waals surface area contributed by atoms with Crippen molar-refractivity contribution in [1.29, 1.82) is 0 Å². The van der Waals surface area contributed by atoms with Gasteiger partial charge in [0.25, 0.3) is 11.8 Å². The third-order valence-corrected chi connectivity index (χ3v) is 3.94. The van der Waals surface area contributed by atoms with Gasteiger partial charge in [0.1, 0.15) is 17.2 Å². The van der Waals surface area contributed by atoms with Gasteiger partial charge in [0.15, 0.2) is 0 Å². The van der Waals surface area contributed by atoms with Crippen LogP contribution in [0.1, 0.15) is 20.8 Å². The average Bonchev–Trinajstić information content (AvgIpc) is 2.74. The Kier molecular flexibility index (Phi) is 5.86. The Morgan fingerprint density at radius 1 is 0.857 bits per heavy atom. The number of nitrogens with one attached hydrogen (secondary N) is 2. The number of para-hydroxylation sites is 2.